The predicted molar refractivity (Wildman–Crippen MR) is 33.2 cm³/mol. The Morgan fingerprint density at radius 1 is 1.88 bits per heavy atom. The van der Waals surface area contributed by atoms with Crippen molar-refractivity contribution in [2.24, 2.45) is 0 Å². The van der Waals surface area contributed by atoms with Gasteiger partial charge in [-0.2, -0.15) is 0 Å². The lowest BCUT2D eigenvalue weighted by atomic mass is 10.4. The first-order valence-electron chi connectivity index (χ1n) is 2.27. The second-order valence-electron chi connectivity index (χ2n) is 1.45. The molecule has 1 heterocycles. The summed E-state index contributed by atoms with van der Waals surface area (Å²) < 4.78 is 0. The Morgan fingerprint density at radius 3 is 2.88 bits per heavy atom. The van der Waals surface area contributed by atoms with E-state index < -0.39 is 0 Å². The number of hydrogen-bond acceptors (Lipinski definition) is 2. The molecule has 1 nitrogen and oxygen atoms in total. The van der Waals surface area contributed by atoms with Gasteiger partial charge in [0, 0.05) is 6.07 Å². The summed E-state index contributed by atoms with van der Waals surface area (Å²) in [5, 5.41) is 1.84. The van der Waals surface area contributed by atoms with Crippen molar-refractivity contribution in [3.63, 3.8) is 0 Å². The molecule has 0 aliphatic heterocycles. The molecule has 0 spiro atoms. The molecule has 1 radical (unpaired) electrons. The van der Waals surface area contributed by atoms with E-state index in [1.54, 1.807) is 13.0 Å². The van der Waals surface area contributed by atoms with E-state index in [1.807, 2.05) is 5.38 Å². The summed E-state index contributed by atoms with van der Waals surface area (Å²) in [6, 6.07) is 4.56. The first kappa shape index (κ1) is 5.51. The van der Waals surface area contributed by atoms with Gasteiger partial charge < -0.3 is 0 Å². The first-order chi connectivity index (χ1) is 3.80. The van der Waals surface area contributed by atoms with Crippen LogP contribution in [0.4, 0.5) is 0 Å². The van der Waals surface area contributed by atoms with Gasteiger partial charge in [0.15, 0.2) is 5.78 Å². The smallest absolute Gasteiger partial charge is 0.170 e. The molecular weight excluding hydrogens is 120 g/mol. The molecule has 0 aliphatic rings. The van der Waals surface area contributed by atoms with Crippen molar-refractivity contribution in [3.8, 4) is 0 Å². The van der Waals surface area contributed by atoms with E-state index in [0.717, 1.165) is 0 Å². The van der Waals surface area contributed by atoms with E-state index in [0.29, 0.717) is 4.88 Å². The summed E-state index contributed by atoms with van der Waals surface area (Å²) in [6.07, 6.45) is 0. The monoisotopic (exact) mass is 125 g/mol. The molecule has 0 amide bonds. The van der Waals surface area contributed by atoms with Crippen molar-refractivity contribution in [1.29, 1.82) is 0 Å². The molecule has 41 valence electrons. The Balaban J connectivity index is 2.93. The van der Waals surface area contributed by atoms with Crippen LogP contribution in [0.25, 0.3) is 0 Å². The number of ketones is 1. The van der Waals surface area contributed by atoms with Crippen LogP contribution in [-0.2, 0) is 0 Å². The van der Waals surface area contributed by atoms with Crippen LogP contribution in [-0.4, -0.2) is 5.78 Å². The van der Waals surface area contributed by atoms with Gasteiger partial charge in [0.05, 0.1) is 4.88 Å². The second-order valence-corrected chi connectivity index (χ2v) is 2.37. The van der Waals surface area contributed by atoms with Crippen LogP contribution in [0.2, 0.25) is 0 Å². The van der Waals surface area contributed by atoms with Gasteiger partial charge in [-0.1, -0.05) is 0 Å². The minimum atomic E-state index is 0.0972. The minimum Gasteiger partial charge on any atom is -0.294 e. The third kappa shape index (κ3) is 0.954. The van der Waals surface area contributed by atoms with Crippen LogP contribution < -0.4 is 0 Å². The Hall–Kier alpha value is -0.630. The fourth-order valence-electron chi connectivity index (χ4n) is 0.430. The SMILES string of the molecule is CC(=O)c1[c]ccs1. The van der Waals surface area contributed by atoms with Crippen molar-refractivity contribution in [1.82, 2.24) is 0 Å². The topological polar surface area (TPSA) is 17.1 Å². The standard InChI is InChI=1S/C6H5OS/c1-5(7)6-3-2-4-8-6/h2,4H,1H3. The van der Waals surface area contributed by atoms with Crippen molar-refractivity contribution >= 4 is 17.1 Å². The maximum atomic E-state index is 10.5. The Labute approximate surface area is 52.0 Å². The zero-order chi connectivity index (χ0) is 5.98. The van der Waals surface area contributed by atoms with E-state index in [1.165, 1.54) is 11.3 Å². The molecule has 1 rings (SSSR count). The zero-order valence-electron chi connectivity index (χ0n) is 4.47. The molecule has 1 aromatic heterocycles. The highest BCUT2D eigenvalue weighted by atomic mass is 32.1. The first-order valence-corrected chi connectivity index (χ1v) is 3.15. The van der Waals surface area contributed by atoms with Gasteiger partial charge in [-0.25, -0.2) is 0 Å². The normalized spacial score (nSPS) is 9.12. The van der Waals surface area contributed by atoms with Gasteiger partial charge in [0.2, 0.25) is 0 Å². The number of carbonyl (C=O) groups is 1. The highest BCUT2D eigenvalue weighted by Gasteiger charge is 1.96. The van der Waals surface area contributed by atoms with E-state index in [9.17, 15) is 4.79 Å². The molecule has 1 aromatic rings. The second kappa shape index (κ2) is 2.09. The molecule has 0 fully saturated rings. The highest BCUT2D eigenvalue weighted by Crippen LogP contribution is 2.06. The predicted octanol–water partition coefficient (Wildman–Crippen LogP) is 1.75. The van der Waals surface area contributed by atoms with Gasteiger partial charge in [-0.05, 0) is 18.4 Å². The summed E-state index contributed by atoms with van der Waals surface area (Å²) in [4.78, 5) is 11.2. The molecule has 0 saturated heterocycles. The van der Waals surface area contributed by atoms with Crippen LogP contribution in [0, 0.1) is 6.07 Å². The largest absolute Gasteiger partial charge is 0.294 e. The fourth-order valence-corrected chi connectivity index (χ4v) is 1.00. The van der Waals surface area contributed by atoms with Crippen LogP contribution in [0.5, 0.6) is 0 Å². The van der Waals surface area contributed by atoms with Crippen molar-refractivity contribution < 1.29 is 4.79 Å². The van der Waals surface area contributed by atoms with Crippen LogP contribution >= 0.6 is 11.3 Å². The van der Waals surface area contributed by atoms with E-state index in [4.69, 9.17) is 0 Å². The Kier molecular flexibility index (Phi) is 1.44. The van der Waals surface area contributed by atoms with E-state index in [2.05, 4.69) is 6.07 Å². The summed E-state index contributed by atoms with van der Waals surface area (Å²) in [7, 11) is 0. The number of rotatable bonds is 1. The number of carbonyl (C=O) groups excluding carboxylic acids is 1. The average Bonchev–Trinajstić information content (AvgIpc) is 2.12. The van der Waals surface area contributed by atoms with Gasteiger partial charge in [-0.3, -0.25) is 4.79 Å². The lowest BCUT2D eigenvalue weighted by Gasteiger charge is -1.78. The lowest BCUT2D eigenvalue weighted by molar-refractivity contribution is 0.102. The van der Waals surface area contributed by atoms with Gasteiger partial charge in [0.25, 0.3) is 0 Å². The molecule has 0 unspecified atom stereocenters. The molecule has 0 N–H and O–H groups in total. The number of Topliss-reactive ketones (excluding diaryl/α,β-unsaturated/α-hetero) is 1. The summed E-state index contributed by atoms with van der Waals surface area (Å²) in [6.45, 7) is 1.54. The van der Waals surface area contributed by atoms with Crippen molar-refractivity contribution in [3.05, 3.63) is 22.4 Å². The highest BCUT2D eigenvalue weighted by molar-refractivity contribution is 7.12. The number of hydrogen-bond donors (Lipinski definition) is 0. The molecule has 0 aliphatic carbocycles. The van der Waals surface area contributed by atoms with Crippen LogP contribution in [0.15, 0.2) is 11.4 Å². The molecule has 0 saturated carbocycles. The molecular formula is C6H5OS. The van der Waals surface area contributed by atoms with Crippen LogP contribution in [0.1, 0.15) is 16.6 Å². The Bertz CT molecular complexity index is 176. The molecule has 8 heavy (non-hydrogen) atoms. The van der Waals surface area contributed by atoms with Crippen LogP contribution in [0.3, 0.4) is 0 Å². The molecule has 2 heteroatoms. The van der Waals surface area contributed by atoms with Crippen molar-refractivity contribution in [2.45, 2.75) is 6.92 Å². The third-order valence-corrected chi connectivity index (χ3v) is 1.70. The molecule has 0 bridgehead atoms. The maximum absolute atomic E-state index is 10.5. The molecule has 0 atom stereocenters. The lowest BCUT2D eigenvalue weighted by Crippen LogP contribution is -1.83. The summed E-state index contributed by atoms with van der Waals surface area (Å²) in [5.41, 5.74) is 0. The third-order valence-electron chi connectivity index (χ3n) is 0.788. The maximum Gasteiger partial charge on any atom is 0.170 e. The van der Waals surface area contributed by atoms with Crippen molar-refractivity contribution in [2.75, 3.05) is 0 Å². The average molecular weight is 125 g/mol. The zero-order valence-corrected chi connectivity index (χ0v) is 5.29. The van der Waals surface area contributed by atoms with Gasteiger partial charge >= 0.3 is 0 Å². The number of thiophene rings is 1. The minimum absolute atomic E-state index is 0.0972. The van der Waals surface area contributed by atoms with Gasteiger partial charge in [-0.15, -0.1) is 11.3 Å². The van der Waals surface area contributed by atoms with Gasteiger partial charge in [0.1, 0.15) is 0 Å². The Morgan fingerprint density at radius 2 is 2.62 bits per heavy atom. The fraction of sp³-hybridized carbons (Fsp3) is 0.167. The van der Waals surface area contributed by atoms with E-state index in [-0.39, 0.29) is 5.78 Å². The molecule has 0 aromatic carbocycles. The summed E-state index contributed by atoms with van der Waals surface area (Å²) in [5.74, 6) is 0.0972. The van der Waals surface area contributed by atoms with E-state index >= 15 is 0 Å². The quantitative estimate of drug-likeness (QED) is 0.522. The summed E-state index contributed by atoms with van der Waals surface area (Å²) >= 11 is 1.43.